The Morgan fingerprint density at radius 3 is 2.79 bits per heavy atom. The molecule has 0 aromatic heterocycles. The number of quaternary nitrogens is 1. The van der Waals surface area contributed by atoms with Gasteiger partial charge in [0.05, 0.1) is 13.1 Å². The molecule has 2 heterocycles. The van der Waals surface area contributed by atoms with Crippen molar-refractivity contribution >= 4 is 21.7 Å². The zero-order valence-corrected chi connectivity index (χ0v) is 12.7. The number of carbonyl (C=O) groups excluding carboxylic acids is 1. The van der Waals surface area contributed by atoms with Crippen LogP contribution in [0.15, 0.2) is 40.9 Å². The predicted molar refractivity (Wildman–Crippen MR) is 80.1 cm³/mol. The van der Waals surface area contributed by atoms with Crippen LogP contribution in [0, 0.1) is 0 Å². The molecule has 0 aliphatic carbocycles. The molecule has 0 amide bonds. The van der Waals surface area contributed by atoms with Gasteiger partial charge in [0, 0.05) is 29.3 Å². The van der Waals surface area contributed by atoms with Gasteiger partial charge in [-0.15, -0.1) is 0 Å². The fourth-order valence-corrected chi connectivity index (χ4v) is 3.97. The molecule has 0 bridgehead atoms. The van der Waals surface area contributed by atoms with Gasteiger partial charge >= 0.3 is 0 Å². The monoisotopic (exact) mass is 320 g/mol. The molecule has 2 unspecified atom stereocenters. The molecule has 0 radical (unpaired) electrons. The maximum absolute atomic E-state index is 12.5. The summed E-state index contributed by atoms with van der Waals surface area (Å²) in [4.78, 5) is 12.5. The van der Waals surface area contributed by atoms with Crippen LogP contribution in [-0.2, 0) is 0 Å². The molecule has 2 fully saturated rings. The maximum Gasteiger partial charge on any atom is 0.216 e. The van der Waals surface area contributed by atoms with E-state index in [0.29, 0.717) is 12.6 Å². The quantitative estimate of drug-likeness (QED) is 0.472. The van der Waals surface area contributed by atoms with E-state index in [1.807, 2.05) is 24.3 Å². The summed E-state index contributed by atoms with van der Waals surface area (Å²) < 4.78 is 1.98. The Morgan fingerprint density at radius 1 is 1.32 bits per heavy atom. The third kappa shape index (κ3) is 2.30. The van der Waals surface area contributed by atoms with E-state index >= 15 is 0 Å². The van der Waals surface area contributed by atoms with E-state index in [1.165, 1.54) is 18.4 Å². The molecule has 2 atom stereocenters. The van der Waals surface area contributed by atoms with Crippen molar-refractivity contribution in [1.82, 2.24) is 0 Å². The second-order valence-electron chi connectivity index (χ2n) is 5.82. The second kappa shape index (κ2) is 4.88. The van der Waals surface area contributed by atoms with Gasteiger partial charge < -0.3 is 4.48 Å². The number of hydrogen-bond donors (Lipinski definition) is 0. The number of nitrogens with zero attached hydrogens (tertiary/aromatic N) is 1. The average molecular weight is 321 g/mol. The van der Waals surface area contributed by atoms with Crippen molar-refractivity contribution in [2.24, 2.45) is 0 Å². The molecule has 2 aliphatic rings. The lowest BCUT2D eigenvalue weighted by Crippen LogP contribution is -2.51. The third-order valence-electron chi connectivity index (χ3n) is 4.72. The highest BCUT2D eigenvalue weighted by Crippen LogP contribution is 2.39. The van der Waals surface area contributed by atoms with Gasteiger partial charge in [-0.1, -0.05) is 34.6 Å². The lowest BCUT2D eigenvalue weighted by molar-refractivity contribution is -0.916. The molecule has 0 spiro atoms. The number of benzene rings is 1. The minimum atomic E-state index is 0.272. The number of hydrogen-bond acceptors (Lipinski definition) is 1. The number of halogens is 1. The number of carbonyl (C=O) groups is 1. The van der Waals surface area contributed by atoms with Crippen molar-refractivity contribution in [3.05, 3.63) is 46.5 Å². The van der Waals surface area contributed by atoms with Gasteiger partial charge in [0.1, 0.15) is 12.6 Å². The summed E-state index contributed by atoms with van der Waals surface area (Å²) >= 11 is 3.41. The fourth-order valence-electron chi connectivity index (χ4n) is 3.70. The van der Waals surface area contributed by atoms with Gasteiger partial charge in [-0.2, -0.15) is 0 Å². The molecule has 0 N–H and O–H groups in total. The number of Topliss-reactive ketones (excluding diaryl/α,β-unsaturated/α-hetero) is 1. The summed E-state index contributed by atoms with van der Waals surface area (Å²) in [7, 11) is 0. The zero-order chi connectivity index (χ0) is 13.5. The summed E-state index contributed by atoms with van der Waals surface area (Å²) in [6, 6.07) is 8.26. The Labute approximate surface area is 122 Å². The molecular weight excluding hydrogens is 302 g/mol. The summed E-state index contributed by atoms with van der Waals surface area (Å²) in [6.07, 6.45) is 3.54. The second-order valence-corrected chi connectivity index (χ2v) is 6.74. The number of rotatable bonds is 3. The summed E-state index contributed by atoms with van der Waals surface area (Å²) in [5.74, 6) is 0.272. The minimum absolute atomic E-state index is 0.272. The van der Waals surface area contributed by atoms with Crippen LogP contribution in [0.3, 0.4) is 0 Å². The number of ketones is 1. The maximum atomic E-state index is 12.5. The van der Waals surface area contributed by atoms with Crippen LogP contribution in [0.25, 0.3) is 0 Å². The SMILES string of the molecule is C=C1CC[N+]2(CC(=O)c3ccc(Br)cc3)CCCC12. The number of fused-ring (bicyclic) bond motifs is 1. The molecule has 2 aliphatic heterocycles. The van der Waals surface area contributed by atoms with Gasteiger partial charge in [-0.3, -0.25) is 4.79 Å². The highest BCUT2D eigenvalue weighted by molar-refractivity contribution is 9.10. The molecule has 1 aromatic rings. The highest BCUT2D eigenvalue weighted by Gasteiger charge is 2.48. The van der Waals surface area contributed by atoms with E-state index in [-0.39, 0.29) is 5.78 Å². The van der Waals surface area contributed by atoms with E-state index in [4.69, 9.17) is 0 Å². The van der Waals surface area contributed by atoms with Crippen molar-refractivity contribution in [1.29, 1.82) is 0 Å². The van der Waals surface area contributed by atoms with Gasteiger partial charge in [0.15, 0.2) is 0 Å². The predicted octanol–water partition coefficient (Wildman–Crippen LogP) is 3.57. The molecule has 0 saturated carbocycles. The van der Waals surface area contributed by atoms with E-state index in [9.17, 15) is 4.79 Å². The van der Waals surface area contributed by atoms with E-state index < -0.39 is 0 Å². The molecule has 1 aromatic carbocycles. The van der Waals surface area contributed by atoms with Crippen LogP contribution in [0.4, 0.5) is 0 Å². The van der Waals surface area contributed by atoms with Crippen molar-refractivity contribution in [3.63, 3.8) is 0 Å². The van der Waals surface area contributed by atoms with Crippen molar-refractivity contribution < 1.29 is 9.28 Å². The largest absolute Gasteiger partial charge is 0.311 e. The first-order valence-electron chi connectivity index (χ1n) is 6.93. The summed E-state index contributed by atoms with van der Waals surface area (Å²) in [6.45, 7) is 7.09. The van der Waals surface area contributed by atoms with Gasteiger partial charge in [-0.25, -0.2) is 0 Å². The van der Waals surface area contributed by atoms with Crippen LogP contribution in [0.1, 0.15) is 29.6 Å². The van der Waals surface area contributed by atoms with Crippen molar-refractivity contribution in [2.45, 2.75) is 25.3 Å². The Hall–Kier alpha value is -0.930. The van der Waals surface area contributed by atoms with Crippen LogP contribution in [0.5, 0.6) is 0 Å². The van der Waals surface area contributed by atoms with Gasteiger partial charge in [0.25, 0.3) is 0 Å². The molecule has 3 heteroatoms. The standard InChI is InChI=1S/C16H19BrNO/c1-12-8-10-18(9-2-3-15(12)18)11-16(19)13-4-6-14(17)7-5-13/h4-7,15H,1-3,8-11H2/q+1. The molecule has 2 nitrogen and oxygen atoms in total. The van der Waals surface area contributed by atoms with Gasteiger partial charge in [0.2, 0.25) is 5.78 Å². The normalized spacial score (nSPS) is 29.5. The highest BCUT2D eigenvalue weighted by atomic mass is 79.9. The molecule has 2 saturated heterocycles. The average Bonchev–Trinajstić information content (AvgIpc) is 2.92. The lowest BCUT2D eigenvalue weighted by Gasteiger charge is -2.34. The molecule has 100 valence electrons. The molecular formula is C16H19BrNO+. The molecule has 19 heavy (non-hydrogen) atoms. The third-order valence-corrected chi connectivity index (χ3v) is 5.25. The Kier molecular flexibility index (Phi) is 3.35. The first-order chi connectivity index (χ1) is 9.11. The van der Waals surface area contributed by atoms with E-state index in [2.05, 4.69) is 22.5 Å². The Morgan fingerprint density at radius 2 is 2.05 bits per heavy atom. The summed E-state index contributed by atoms with van der Waals surface area (Å²) in [5.41, 5.74) is 2.19. The summed E-state index contributed by atoms with van der Waals surface area (Å²) in [5, 5.41) is 0. The molecule has 3 rings (SSSR count). The van der Waals surface area contributed by atoms with Crippen LogP contribution >= 0.6 is 15.9 Å². The first kappa shape index (κ1) is 13.1. The topological polar surface area (TPSA) is 17.1 Å². The minimum Gasteiger partial charge on any atom is -0.311 e. The Bertz CT molecular complexity index is 522. The Balaban J connectivity index is 1.79. The first-order valence-corrected chi connectivity index (χ1v) is 7.72. The van der Waals surface area contributed by atoms with Crippen molar-refractivity contribution in [2.75, 3.05) is 19.6 Å². The van der Waals surface area contributed by atoms with Crippen LogP contribution < -0.4 is 0 Å². The zero-order valence-electron chi connectivity index (χ0n) is 11.1. The van der Waals surface area contributed by atoms with Crippen LogP contribution in [0.2, 0.25) is 0 Å². The lowest BCUT2D eigenvalue weighted by atomic mass is 10.1. The fraction of sp³-hybridized carbons (Fsp3) is 0.438. The van der Waals surface area contributed by atoms with Crippen LogP contribution in [-0.4, -0.2) is 35.9 Å². The van der Waals surface area contributed by atoms with E-state index in [1.54, 1.807) is 0 Å². The van der Waals surface area contributed by atoms with Crippen molar-refractivity contribution in [3.8, 4) is 0 Å². The van der Waals surface area contributed by atoms with Gasteiger partial charge in [-0.05, 0) is 17.7 Å². The smallest absolute Gasteiger partial charge is 0.216 e. The van der Waals surface area contributed by atoms with E-state index in [0.717, 1.165) is 34.0 Å².